The van der Waals surface area contributed by atoms with Gasteiger partial charge in [0.25, 0.3) is 5.91 Å². The molecule has 0 aliphatic rings. The minimum atomic E-state index is -0.569. The summed E-state index contributed by atoms with van der Waals surface area (Å²) in [4.78, 5) is 16.7. The molecule has 0 spiro atoms. The summed E-state index contributed by atoms with van der Waals surface area (Å²) in [5, 5.41) is 13.5. The van der Waals surface area contributed by atoms with Crippen LogP contribution in [0.4, 0.5) is 5.69 Å². The summed E-state index contributed by atoms with van der Waals surface area (Å²) >= 11 is 12.3. The average Bonchev–Trinajstić information content (AvgIpc) is 2.61. The first kappa shape index (κ1) is 17.9. The third-order valence-corrected chi connectivity index (χ3v) is 4.37. The smallest absolute Gasteiger partial charge is 0.266 e. The van der Waals surface area contributed by atoms with Gasteiger partial charge >= 0.3 is 0 Å². The lowest BCUT2D eigenvalue weighted by Gasteiger charge is -2.07. The average molecular weight is 382 g/mol. The Hall–Kier alpha value is -2.87. The van der Waals surface area contributed by atoms with Crippen molar-refractivity contribution in [2.24, 2.45) is 0 Å². The van der Waals surface area contributed by atoms with Crippen LogP contribution in [-0.4, -0.2) is 10.9 Å². The van der Waals surface area contributed by atoms with Gasteiger partial charge in [-0.1, -0.05) is 47.5 Å². The van der Waals surface area contributed by atoms with Crippen molar-refractivity contribution >= 4 is 51.8 Å². The van der Waals surface area contributed by atoms with Gasteiger partial charge in [0.1, 0.15) is 16.8 Å². The fraction of sp³-hybridized carbons (Fsp3) is 0.0500. The van der Waals surface area contributed by atoms with E-state index in [-0.39, 0.29) is 10.7 Å². The molecule has 0 aliphatic heterocycles. The van der Waals surface area contributed by atoms with E-state index in [1.165, 1.54) is 6.08 Å². The third-order valence-electron chi connectivity index (χ3n) is 3.74. The lowest BCUT2D eigenvalue weighted by atomic mass is 10.1. The van der Waals surface area contributed by atoms with E-state index in [2.05, 4.69) is 10.3 Å². The zero-order valence-corrected chi connectivity index (χ0v) is 15.3. The van der Waals surface area contributed by atoms with Crippen molar-refractivity contribution in [1.29, 1.82) is 5.26 Å². The van der Waals surface area contributed by atoms with Crippen molar-refractivity contribution in [1.82, 2.24) is 4.98 Å². The fourth-order valence-corrected chi connectivity index (χ4v) is 2.81. The van der Waals surface area contributed by atoms with Gasteiger partial charge in [-0.05, 0) is 42.8 Å². The predicted molar refractivity (Wildman–Crippen MR) is 105 cm³/mol. The third kappa shape index (κ3) is 3.85. The molecule has 3 aromatic rings. The molecule has 3 rings (SSSR count). The van der Waals surface area contributed by atoms with Crippen LogP contribution in [-0.2, 0) is 4.79 Å². The van der Waals surface area contributed by atoms with E-state index in [1.807, 2.05) is 31.2 Å². The molecule has 0 bridgehead atoms. The van der Waals surface area contributed by atoms with Crippen LogP contribution >= 0.6 is 23.2 Å². The number of hydrogen-bond donors (Lipinski definition) is 1. The Morgan fingerprint density at radius 1 is 1.19 bits per heavy atom. The van der Waals surface area contributed by atoms with E-state index in [4.69, 9.17) is 23.2 Å². The molecule has 0 atom stereocenters. The molecule has 1 aromatic heterocycles. The Morgan fingerprint density at radius 2 is 1.96 bits per heavy atom. The number of halogens is 2. The second-order valence-electron chi connectivity index (χ2n) is 5.67. The Bertz CT molecular complexity index is 1080. The number of benzene rings is 2. The lowest BCUT2D eigenvalue weighted by Crippen LogP contribution is -2.13. The van der Waals surface area contributed by atoms with Gasteiger partial charge in [-0.2, -0.15) is 5.26 Å². The lowest BCUT2D eigenvalue weighted by molar-refractivity contribution is -0.112. The number of carbonyl (C=O) groups is 1. The summed E-state index contributed by atoms with van der Waals surface area (Å²) in [5.74, 6) is -0.569. The molecule has 0 aliphatic carbocycles. The quantitative estimate of drug-likeness (QED) is 0.375. The van der Waals surface area contributed by atoms with Gasteiger partial charge in [-0.25, -0.2) is 4.98 Å². The number of para-hydroxylation sites is 1. The van der Waals surface area contributed by atoms with E-state index >= 15 is 0 Å². The van der Waals surface area contributed by atoms with Crippen molar-refractivity contribution in [3.8, 4) is 6.07 Å². The maximum Gasteiger partial charge on any atom is 0.266 e. The number of rotatable bonds is 3. The summed E-state index contributed by atoms with van der Waals surface area (Å²) in [6, 6.07) is 16.3. The van der Waals surface area contributed by atoms with Gasteiger partial charge in [0, 0.05) is 10.9 Å². The number of hydrogen-bond acceptors (Lipinski definition) is 3. The molecule has 26 heavy (non-hydrogen) atoms. The molecule has 6 heteroatoms. The minimum absolute atomic E-state index is 0.0971. The van der Waals surface area contributed by atoms with Gasteiger partial charge in [0.2, 0.25) is 0 Å². The maximum absolute atomic E-state index is 12.4. The second-order valence-corrected chi connectivity index (χ2v) is 6.43. The van der Waals surface area contributed by atoms with Crippen LogP contribution in [0.1, 0.15) is 11.1 Å². The molecule has 0 saturated carbocycles. The molecule has 0 unspecified atom stereocenters. The van der Waals surface area contributed by atoms with Gasteiger partial charge < -0.3 is 5.32 Å². The molecule has 0 radical (unpaired) electrons. The maximum atomic E-state index is 12.4. The summed E-state index contributed by atoms with van der Waals surface area (Å²) in [6.45, 7) is 1.97. The zero-order chi connectivity index (χ0) is 18.7. The van der Waals surface area contributed by atoms with Gasteiger partial charge in [0.05, 0.1) is 16.2 Å². The standard InChI is InChI=1S/C20H13Cl2N3O/c1-12-6-7-13-9-14(19(22)24-18(13)8-12)10-15(11-23)20(26)25-17-5-3-2-4-16(17)21/h2-10H,1H3,(H,25,26)/b15-10+. The van der Waals surface area contributed by atoms with Gasteiger partial charge in [0.15, 0.2) is 0 Å². The van der Waals surface area contributed by atoms with E-state index in [1.54, 1.807) is 30.3 Å². The number of carbonyl (C=O) groups excluding carboxylic acids is 1. The summed E-state index contributed by atoms with van der Waals surface area (Å²) < 4.78 is 0. The monoisotopic (exact) mass is 381 g/mol. The molecule has 0 saturated heterocycles. The largest absolute Gasteiger partial charge is 0.320 e. The van der Waals surface area contributed by atoms with E-state index in [0.717, 1.165) is 16.5 Å². The SMILES string of the molecule is Cc1ccc2cc(/C=C(\C#N)C(=O)Nc3ccccc3Cl)c(Cl)nc2c1. The van der Waals surface area contributed by atoms with Gasteiger partial charge in [-0.3, -0.25) is 4.79 Å². The number of anilines is 1. The first-order chi connectivity index (χ1) is 12.5. The van der Waals surface area contributed by atoms with Crippen molar-refractivity contribution in [3.05, 3.63) is 75.4 Å². The highest BCUT2D eigenvalue weighted by molar-refractivity contribution is 6.34. The molecule has 1 N–H and O–H groups in total. The summed E-state index contributed by atoms with van der Waals surface area (Å²) in [5.41, 5.74) is 2.65. The summed E-state index contributed by atoms with van der Waals surface area (Å²) in [7, 11) is 0. The number of aromatic nitrogens is 1. The van der Waals surface area contributed by atoms with Crippen LogP contribution in [0.25, 0.3) is 17.0 Å². The summed E-state index contributed by atoms with van der Waals surface area (Å²) in [6.07, 6.45) is 1.42. The molecular weight excluding hydrogens is 369 g/mol. The van der Waals surface area contributed by atoms with Crippen LogP contribution in [0.3, 0.4) is 0 Å². The number of nitrogens with one attached hydrogen (secondary N) is 1. The van der Waals surface area contributed by atoms with Crippen molar-refractivity contribution in [2.45, 2.75) is 6.92 Å². The minimum Gasteiger partial charge on any atom is -0.320 e. The Labute approximate surface area is 160 Å². The highest BCUT2D eigenvalue weighted by Gasteiger charge is 2.13. The van der Waals surface area contributed by atoms with E-state index in [0.29, 0.717) is 16.3 Å². The first-order valence-electron chi connectivity index (χ1n) is 7.72. The van der Waals surface area contributed by atoms with Crippen LogP contribution in [0.15, 0.2) is 54.1 Å². The van der Waals surface area contributed by atoms with Crippen LogP contribution < -0.4 is 5.32 Å². The molecule has 2 aromatic carbocycles. The number of nitriles is 1. The van der Waals surface area contributed by atoms with Crippen molar-refractivity contribution in [2.75, 3.05) is 5.32 Å². The Morgan fingerprint density at radius 3 is 2.69 bits per heavy atom. The first-order valence-corrected chi connectivity index (χ1v) is 8.48. The predicted octanol–water partition coefficient (Wildman–Crippen LogP) is 5.40. The number of aryl methyl sites for hydroxylation is 1. The molecule has 0 fully saturated rings. The van der Waals surface area contributed by atoms with Crippen LogP contribution in [0.2, 0.25) is 10.2 Å². The highest BCUT2D eigenvalue weighted by atomic mass is 35.5. The number of amides is 1. The van der Waals surface area contributed by atoms with Gasteiger partial charge in [-0.15, -0.1) is 0 Å². The molecule has 128 valence electrons. The Balaban J connectivity index is 1.96. The number of fused-ring (bicyclic) bond motifs is 1. The number of nitrogens with zero attached hydrogens (tertiary/aromatic N) is 2. The topological polar surface area (TPSA) is 65.8 Å². The van der Waals surface area contributed by atoms with Crippen molar-refractivity contribution in [3.63, 3.8) is 0 Å². The number of pyridine rings is 1. The normalized spacial score (nSPS) is 11.2. The fourth-order valence-electron chi connectivity index (χ4n) is 2.43. The van der Waals surface area contributed by atoms with E-state index < -0.39 is 5.91 Å². The van der Waals surface area contributed by atoms with Crippen molar-refractivity contribution < 1.29 is 4.79 Å². The van der Waals surface area contributed by atoms with E-state index in [9.17, 15) is 10.1 Å². The van der Waals surface area contributed by atoms with Crippen LogP contribution in [0.5, 0.6) is 0 Å². The molecule has 4 nitrogen and oxygen atoms in total. The second kappa shape index (κ2) is 7.57. The molecule has 1 heterocycles. The molecule has 1 amide bonds. The zero-order valence-electron chi connectivity index (χ0n) is 13.8. The Kier molecular flexibility index (Phi) is 5.22. The van der Waals surface area contributed by atoms with Crippen LogP contribution in [0, 0.1) is 18.3 Å². The molecular formula is C20H13Cl2N3O. The highest BCUT2D eigenvalue weighted by Crippen LogP contribution is 2.25.